The molecule has 0 aliphatic rings. The molecule has 0 radical (unpaired) electrons. The van der Waals surface area contributed by atoms with Gasteiger partial charge >= 0.3 is 0 Å². The first-order chi connectivity index (χ1) is 8.56. The first-order valence-corrected chi connectivity index (χ1v) is 5.77. The van der Waals surface area contributed by atoms with E-state index in [9.17, 15) is 9.18 Å². The van der Waals surface area contributed by atoms with Crippen molar-refractivity contribution < 1.29 is 9.18 Å². The van der Waals surface area contributed by atoms with Gasteiger partial charge in [0.15, 0.2) is 0 Å². The van der Waals surface area contributed by atoms with Crippen molar-refractivity contribution in [1.82, 2.24) is 0 Å². The predicted octanol–water partition coefficient (Wildman–Crippen LogP) is 3.17. The summed E-state index contributed by atoms with van der Waals surface area (Å²) in [6, 6.07) is 11.3. The Bertz CT molecular complexity index is 598. The normalized spacial score (nSPS) is 10.3. The Hall–Kier alpha value is -1.87. The molecule has 0 unspecified atom stereocenters. The summed E-state index contributed by atoms with van der Waals surface area (Å²) in [5, 5.41) is 0.520. The van der Waals surface area contributed by atoms with Crippen molar-refractivity contribution in [3.8, 4) is 11.1 Å². The second-order valence-corrected chi connectivity index (χ2v) is 4.39. The fourth-order valence-electron chi connectivity index (χ4n) is 1.83. The summed E-state index contributed by atoms with van der Waals surface area (Å²) in [6.45, 7) is 0. The Labute approximate surface area is 109 Å². The summed E-state index contributed by atoms with van der Waals surface area (Å²) in [5.41, 5.74) is 7.35. The number of carbonyl (C=O) groups is 1. The fraction of sp³-hybridized carbons (Fsp3) is 0.0714. The summed E-state index contributed by atoms with van der Waals surface area (Å²) in [5.74, 6) is -0.776. The summed E-state index contributed by atoms with van der Waals surface area (Å²) < 4.78 is 13.2. The fourth-order valence-corrected chi connectivity index (χ4v) is 2.03. The van der Waals surface area contributed by atoms with Gasteiger partial charge in [0.05, 0.1) is 6.42 Å². The highest BCUT2D eigenvalue weighted by molar-refractivity contribution is 6.30. The third-order valence-electron chi connectivity index (χ3n) is 2.57. The van der Waals surface area contributed by atoms with Crippen molar-refractivity contribution in [2.24, 2.45) is 5.73 Å². The number of primary amides is 1. The van der Waals surface area contributed by atoms with Gasteiger partial charge in [-0.25, -0.2) is 4.39 Å². The van der Waals surface area contributed by atoms with Crippen molar-refractivity contribution in [2.75, 3.05) is 0 Å². The first kappa shape index (κ1) is 12.6. The maximum atomic E-state index is 13.2. The highest BCUT2D eigenvalue weighted by Gasteiger charge is 2.09. The van der Waals surface area contributed by atoms with Crippen LogP contribution >= 0.6 is 11.6 Å². The lowest BCUT2D eigenvalue weighted by Gasteiger charge is -2.09. The number of carbonyl (C=O) groups excluding carboxylic acids is 1. The van der Waals surface area contributed by atoms with Gasteiger partial charge in [0.2, 0.25) is 5.91 Å². The zero-order chi connectivity index (χ0) is 13.1. The lowest BCUT2D eigenvalue weighted by atomic mass is 9.97. The third-order valence-corrected chi connectivity index (χ3v) is 2.80. The molecule has 2 N–H and O–H groups in total. The van der Waals surface area contributed by atoms with Crippen LogP contribution in [0.4, 0.5) is 4.39 Å². The molecule has 0 saturated carbocycles. The number of benzene rings is 2. The average molecular weight is 264 g/mol. The van der Waals surface area contributed by atoms with Gasteiger partial charge in [0, 0.05) is 5.02 Å². The zero-order valence-corrected chi connectivity index (χ0v) is 10.2. The van der Waals surface area contributed by atoms with E-state index in [2.05, 4.69) is 0 Å². The van der Waals surface area contributed by atoms with E-state index in [1.807, 2.05) is 0 Å². The smallest absolute Gasteiger partial charge is 0.221 e. The minimum Gasteiger partial charge on any atom is -0.369 e. The highest BCUT2D eigenvalue weighted by Crippen LogP contribution is 2.27. The average Bonchev–Trinajstić information content (AvgIpc) is 2.28. The van der Waals surface area contributed by atoms with E-state index in [1.54, 1.807) is 30.3 Å². The SMILES string of the molecule is NC(=O)Cc1cc(Cl)ccc1-c1cccc(F)c1. The van der Waals surface area contributed by atoms with Gasteiger partial charge in [-0.15, -0.1) is 0 Å². The van der Waals surface area contributed by atoms with Crippen molar-refractivity contribution in [3.05, 3.63) is 58.9 Å². The molecule has 18 heavy (non-hydrogen) atoms. The molecule has 2 nitrogen and oxygen atoms in total. The first-order valence-electron chi connectivity index (χ1n) is 5.39. The van der Waals surface area contributed by atoms with E-state index in [1.165, 1.54) is 12.1 Å². The van der Waals surface area contributed by atoms with Crippen molar-refractivity contribution >= 4 is 17.5 Å². The van der Waals surface area contributed by atoms with Gasteiger partial charge in [0.25, 0.3) is 0 Å². The quantitative estimate of drug-likeness (QED) is 0.908. The molecule has 0 spiro atoms. The number of amides is 1. The van der Waals surface area contributed by atoms with Crippen LogP contribution in [0, 0.1) is 5.82 Å². The monoisotopic (exact) mass is 263 g/mol. The molecule has 0 aliphatic heterocycles. The lowest BCUT2D eigenvalue weighted by Crippen LogP contribution is -2.14. The van der Waals surface area contributed by atoms with E-state index < -0.39 is 5.91 Å². The van der Waals surface area contributed by atoms with Gasteiger partial charge in [-0.2, -0.15) is 0 Å². The second kappa shape index (κ2) is 5.19. The molecule has 0 bridgehead atoms. The Balaban J connectivity index is 2.52. The largest absolute Gasteiger partial charge is 0.369 e. The second-order valence-electron chi connectivity index (χ2n) is 3.95. The molecule has 2 aromatic carbocycles. The van der Waals surface area contributed by atoms with Crippen LogP contribution in [0.25, 0.3) is 11.1 Å². The van der Waals surface area contributed by atoms with Gasteiger partial charge in [0.1, 0.15) is 5.82 Å². The molecule has 2 aromatic rings. The zero-order valence-electron chi connectivity index (χ0n) is 9.49. The van der Waals surface area contributed by atoms with Crippen LogP contribution in [0.1, 0.15) is 5.56 Å². The molecule has 4 heteroatoms. The van der Waals surface area contributed by atoms with E-state index in [0.29, 0.717) is 16.1 Å². The predicted molar refractivity (Wildman–Crippen MR) is 69.7 cm³/mol. The van der Waals surface area contributed by atoms with E-state index in [4.69, 9.17) is 17.3 Å². The van der Waals surface area contributed by atoms with Crippen molar-refractivity contribution in [1.29, 1.82) is 0 Å². The molecule has 2 rings (SSSR count). The van der Waals surface area contributed by atoms with Crippen molar-refractivity contribution in [2.45, 2.75) is 6.42 Å². The number of nitrogens with two attached hydrogens (primary N) is 1. The molecule has 92 valence electrons. The van der Waals surface area contributed by atoms with Crippen LogP contribution in [0.5, 0.6) is 0 Å². The van der Waals surface area contributed by atoms with Crippen LogP contribution in [0.3, 0.4) is 0 Å². The Morgan fingerprint density at radius 1 is 1.22 bits per heavy atom. The van der Waals surface area contributed by atoms with Crippen molar-refractivity contribution in [3.63, 3.8) is 0 Å². The summed E-state index contributed by atoms with van der Waals surface area (Å²) in [4.78, 5) is 11.0. The minimum atomic E-state index is -0.449. The van der Waals surface area contributed by atoms with Crippen LogP contribution in [0.2, 0.25) is 5.02 Å². The van der Waals surface area contributed by atoms with E-state index >= 15 is 0 Å². The highest BCUT2D eigenvalue weighted by atomic mass is 35.5. The molecule has 0 fully saturated rings. The Kier molecular flexibility index (Phi) is 3.63. The third kappa shape index (κ3) is 2.87. The summed E-state index contributed by atoms with van der Waals surface area (Å²) in [7, 11) is 0. The molecule has 0 aliphatic carbocycles. The van der Waals surface area contributed by atoms with Crippen LogP contribution in [-0.4, -0.2) is 5.91 Å². The molecule has 0 atom stereocenters. The topological polar surface area (TPSA) is 43.1 Å². The lowest BCUT2D eigenvalue weighted by molar-refractivity contribution is -0.117. The van der Waals surface area contributed by atoms with Gasteiger partial charge in [-0.05, 0) is 41.0 Å². The molecular formula is C14H11ClFNO. The standard InChI is InChI=1S/C14H11ClFNO/c15-11-4-5-13(10(6-11)8-14(17)18)9-2-1-3-12(16)7-9/h1-7H,8H2,(H2,17,18). The van der Waals surface area contributed by atoms with Gasteiger partial charge < -0.3 is 5.73 Å². The molecule has 0 heterocycles. The number of hydrogen-bond acceptors (Lipinski definition) is 1. The number of halogens is 2. The summed E-state index contributed by atoms with van der Waals surface area (Å²) >= 11 is 5.89. The molecule has 1 amide bonds. The van der Waals surface area contributed by atoms with Crippen LogP contribution in [-0.2, 0) is 11.2 Å². The minimum absolute atomic E-state index is 0.0758. The Morgan fingerprint density at radius 3 is 2.67 bits per heavy atom. The Morgan fingerprint density at radius 2 is 2.00 bits per heavy atom. The number of rotatable bonds is 3. The van der Waals surface area contributed by atoms with Gasteiger partial charge in [-0.3, -0.25) is 4.79 Å². The number of hydrogen-bond donors (Lipinski definition) is 1. The molecular weight excluding hydrogens is 253 g/mol. The van der Waals surface area contributed by atoms with E-state index in [0.717, 1.165) is 5.56 Å². The van der Waals surface area contributed by atoms with E-state index in [-0.39, 0.29) is 12.2 Å². The maximum Gasteiger partial charge on any atom is 0.221 e. The molecule has 0 saturated heterocycles. The summed E-state index contributed by atoms with van der Waals surface area (Å²) in [6.07, 6.45) is 0.0758. The maximum absolute atomic E-state index is 13.2. The van der Waals surface area contributed by atoms with Crippen LogP contribution in [0.15, 0.2) is 42.5 Å². The van der Waals surface area contributed by atoms with Gasteiger partial charge in [-0.1, -0.05) is 29.8 Å². The van der Waals surface area contributed by atoms with Crippen LogP contribution < -0.4 is 5.73 Å². The molecule has 0 aromatic heterocycles.